The normalized spacial score (nSPS) is 11.9. The molecule has 5 nitrogen and oxygen atoms in total. The first-order valence-electron chi connectivity index (χ1n) is 12.6. The molecule has 198 valence electrons. The number of hydrogen-bond acceptors (Lipinski definition) is 3. The maximum Gasteiger partial charge on any atom is 0.221 e. The number of halogens is 3. The minimum Gasteiger partial charge on any atom is -0.485 e. The first-order chi connectivity index (χ1) is 19.0. The van der Waals surface area contributed by atoms with Crippen LogP contribution >= 0.6 is 23.2 Å². The van der Waals surface area contributed by atoms with E-state index in [2.05, 4.69) is 10.3 Å². The van der Waals surface area contributed by atoms with Crippen LogP contribution in [0.4, 0.5) is 4.39 Å². The molecule has 1 N–H and O–H groups in total. The molecule has 1 atom stereocenters. The van der Waals surface area contributed by atoms with Crippen LogP contribution in [0.3, 0.4) is 0 Å². The van der Waals surface area contributed by atoms with E-state index in [1.807, 2.05) is 65.2 Å². The second kappa shape index (κ2) is 12.3. The Balaban J connectivity index is 1.36. The Morgan fingerprint density at radius 3 is 2.64 bits per heavy atom. The summed E-state index contributed by atoms with van der Waals surface area (Å²) in [4.78, 5) is 17.7. The van der Waals surface area contributed by atoms with Gasteiger partial charge < -0.3 is 14.5 Å². The van der Waals surface area contributed by atoms with Gasteiger partial charge >= 0.3 is 0 Å². The lowest BCUT2D eigenvalue weighted by Gasteiger charge is -2.18. The Labute approximate surface area is 236 Å². The number of nitrogens with zero attached hydrogens (tertiary/aromatic N) is 2. The highest BCUT2D eigenvalue weighted by atomic mass is 35.5. The number of carbonyl (C=O) groups is 1. The van der Waals surface area contributed by atoms with Crippen molar-refractivity contribution >= 4 is 34.8 Å². The molecule has 5 aromatic rings. The zero-order chi connectivity index (χ0) is 27.2. The molecule has 5 rings (SSSR count). The lowest BCUT2D eigenvalue weighted by molar-refractivity contribution is -0.121. The number of aromatic nitrogens is 2. The van der Waals surface area contributed by atoms with Crippen LogP contribution in [0.25, 0.3) is 5.65 Å². The van der Waals surface area contributed by atoms with E-state index < -0.39 is 5.92 Å². The summed E-state index contributed by atoms with van der Waals surface area (Å²) < 4.78 is 22.2. The fourth-order valence-corrected chi connectivity index (χ4v) is 5.05. The van der Waals surface area contributed by atoms with Crippen molar-refractivity contribution in [2.24, 2.45) is 0 Å². The van der Waals surface area contributed by atoms with Gasteiger partial charge in [0.2, 0.25) is 5.91 Å². The second-order valence-corrected chi connectivity index (χ2v) is 10.0. The molecule has 8 heteroatoms. The van der Waals surface area contributed by atoms with Gasteiger partial charge in [-0.25, -0.2) is 9.37 Å². The molecule has 2 heterocycles. The van der Waals surface area contributed by atoms with Crippen LogP contribution in [0.15, 0.2) is 97.3 Å². The maximum absolute atomic E-state index is 14.2. The SMILES string of the molecule is O=C(CC(c1cccc(F)c1)c1cnc2c(OCc3ccccc3)cccn12)NCCc1ccc(Cl)cc1Cl. The van der Waals surface area contributed by atoms with E-state index in [-0.39, 0.29) is 18.1 Å². The van der Waals surface area contributed by atoms with Gasteiger partial charge in [-0.1, -0.05) is 71.7 Å². The monoisotopic (exact) mass is 561 g/mol. The molecule has 3 aromatic carbocycles. The molecule has 0 aliphatic heterocycles. The molecular formula is C31H26Cl2FN3O2. The number of pyridine rings is 1. The zero-order valence-electron chi connectivity index (χ0n) is 21.0. The van der Waals surface area contributed by atoms with E-state index >= 15 is 0 Å². The number of carbonyl (C=O) groups excluding carboxylic acids is 1. The number of nitrogens with one attached hydrogen (secondary N) is 1. The third-order valence-corrected chi connectivity index (χ3v) is 7.08. The van der Waals surface area contributed by atoms with E-state index in [0.29, 0.717) is 46.6 Å². The van der Waals surface area contributed by atoms with Gasteiger partial charge in [0.1, 0.15) is 12.4 Å². The largest absolute Gasteiger partial charge is 0.485 e. The molecule has 1 amide bonds. The first kappa shape index (κ1) is 26.7. The molecule has 0 aliphatic carbocycles. The van der Waals surface area contributed by atoms with E-state index in [1.165, 1.54) is 12.1 Å². The molecule has 1 unspecified atom stereocenters. The van der Waals surface area contributed by atoms with Crippen LogP contribution in [0.2, 0.25) is 10.0 Å². The Kier molecular flexibility index (Phi) is 8.45. The Hall–Kier alpha value is -3.87. The average Bonchev–Trinajstić information content (AvgIpc) is 3.37. The van der Waals surface area contributed by atoms with Crippen molar-refractivity contribution in [1.82, 2.24) is 14.7 Å². The van der Waals surface area contributed by atoms with Crippen LogP contribution < -0.4 is 10.1 Å². The van der Waals surface area contributed by atoms with Gasteiger partial charge in [0.05, 0.1) is 5.69 Å². The van der Waals surface area contributed by atoms with Crippen molar-refractivity contribution in [1.29, 1.82) is 0 Å². The summed E-state index contributed by atoms with van der Waals surface area (Å²) in [5.41, 5.74) is 4.01. The summed E-state index contributed by atoms with van der Waals surface area (Å²) in [7, 11) is 0. The summed E-state index contributed by atoms with van der Waals surface area (Å²) in [6, 6.07) is 25.2. The summed E-state index contributed by atoms with van der Waals surface area (Å²) in [5, 5.41) is 4.09. The average molecular weight is 562 g/mol. The van der Waals surface area contributed by atoms with Crippen LogP contribution in [0.5, 0.6) is 5.75 Å². The summed E-state index contributed by atoms with van der Waals surface area (Å²) >= 11 is 12.2. The van der Waals surface area contributed by atoms with Crippen LogP contribution in [-0.4, -0.2) is 21.8 Å². The molecule has 0 spiro atoms. The number of fused-ring (bicyclic) bond motifs is 1. The van der Waals surface area contributed by atoms with Crippen molar-refractivity contribution in [2.75, 3.05) is 6.54 Å². The molecule has 39 heavy (non-hydrogen) atoms. The van der Waals surface area contributed by atoms with E-state index in [4.69, 9.17) is 27.9 Å². The minimum absolute atomic E-state index is 0.112. The summed E-state index contributed by atoms with van der Waals surface area (Å²) in [6.45, 7) is 0.802. The molecule has 2 aromatic heterocycles. The number of rotatable bonds is 10. The number of imidazole rings is 1. The van der Waals surface area contributed by atoms with Gasteiger partial charge in [0, 0.05) is 41.3 Å². The standard InChI is InChI=1S/C31H26Cl2FN3O2/c32-24-12-11-22(27(33)17-24)13-14-35-30(38)18-26(23-8-4-9-25(34)16-23)28-19-36-31-29(10-5-15-37(28)31)39-20-21-6-2-1-3-7-21/h1-12,15-17,19,26H,13-14,18,20H2,(H,35,38). The highest BCUT2D eigenvalue weighted by Crippen LogP contribution is 2.31. The van der Waals surface area contributed by atoms with Gasteiger partial charge in [-0.05, 0) is 59.5 Å². The van der Waals surface area contributed by atoms with E-state index in [0.717, 1.165) is 16.8 Å². The fraction of sp³-hybridized carbons (Fsp3) is 0.161. The smallest absolute Gasteiger partial charge is 0.221 e. The van der Waals surface area contributed by atoms with Crippen molar-refractivity contribution < 1.29 is 13.9 Å². The topological polar surface area (TPSA) is 55.6 Å². The Bertz CT molecular complexity index is 1590. The van der Waals surface area contributed by atoms with Gasteiger partial charge in [-0.3, -0.25) is 4.79 Å². The lowest BCUT2D eigenvalue weighted by Crippen LogP contribution is -2.27. The Morgan fingerprint density at radius 2 is 1.85 bits per heavy atom. The van der Waals surface area contributed by atoms with Crippen molar-refractivity contribution in [3.63, 3.8) is 0 Å². The van der Waals surface area contributed by atoms with Gasteiger partial charge in [-0.2, -0.15) is 0 Å². The molecule has 0 saturated carbocycles. The predicted octanol–water partition coefficient (Wildman–Crippen LogP) is 7.24. The fourth-order valence-electron chi connectivity index (χ4n) is 4.54. The van der Waals surface area contributed by atoms with Gasteiger partial charge in [0.25, 0.3) is 0 Å². The minimum atomic E-state index is -0.431. The Morgan fingerprint density at radius 1 is 1.00 bits per heavy atom. The van der Waals surface area contributed by atoms with Crippen molar-refractivity contribution in [2.45, 2.75) is 25.4 Å². The number of hydrogen-bond donors (Lipinski definition) is 1. The summed E-state index contributed by atoms with van der Waals surface area (Å²) in [6.07, 6.45) is 4.27. The van der Waals surface area contributed by atoms with Crippen molar-refractivity contribution in [3.05, 3.63) is 136 Å². The van der Waals surface area contributed by atoms with Crippen molar-refractivity contribution in [3.8, 4) is 5.75 Å². The van der Waals surface area contributed by atoms with E-state index in [9.17, 15) is 9.18 Å². The zero-order valence-corrected chi connectivity index (χ0v) is 22.5. The van der Waals surface area contributed by atoms with Crippen LogP contribution in [0, 0.1) is 5.82 Å². The third-order valence-electron chi connectivity index (χ3n) is 6.49. The summed E-state index contributed by atoms with van der Waals surface area (Å²) in [5.74, 6) is -0.342. The lowest BCUT2D eigenvalue weighted by atomic mass is 9.92. The highest BCUT2D eigenvalue weighted by molar-refractivity contribution is 6.35. The molecule has 0 saturated heterocycles. The van der Waals surface area contributed by atoms with Crippen LogP contribution in [-0.2, 0) is 17.8 Å². The van der Waals surface area contributed by atoms with E-state index in [1.54, 1.807) is 24.4 Å². The molecule has 0 radical (unpaired) electrons. The third kappa shape index (κ3) is 6.59. The number of ether oxygens (including phenoxy) is 1. The van der Waals surface area contributed by atoms with Crippen LogP contribution in [0.1, 0.15) is 34.7 Å². The van der Waals surface area contributed by atoms with Gasteiger partial charge in [0.15, 0.2) is 11.4 Å². The molecular weight excluding hydrogens is 536 g/mol. The molecule has 0 fully saturated rings. The quantitative estimate of drug-likeness (QED) is 0.195. The molecule has 0 bridgehead atoms. The number of benzene rings is 3. The molecule has 0 aliphatic rings. The second-order valence-electron chi connectivity index (χ2n) is 9.17. The van der Waals surface area contributed by atoms with Gasteiger partial charge in [-0.15, -0.1) is 0 Å². The highest BCUT2D eigenvalue weighted by Gasteiger charge is 2.23. The first-order valence-corrected chi connectivity index (χ1v) is 13.3. The maximum atomic E-state index is 14.2. The number of amides is 1. The predicted molar refractivity (Wildman–Crippen MR) is 152 cm³/mol.